The Morgan fingerprint density at radius 3 is 2.56 bits per heavy atom. The number of nitrogens with one attached hydrogen (secondary N) is 1. The second kappa shape index (κ2) is 6.43. The Morgan fingerprint density at radius 1 is 1.08 bits per heavy atom. The van der Waals surface area contributed by atoms with E-state index in [1.807, 2.05) is 25.3 Å². The van der Waals surface area contributed by atoms with Gasteiger partial charge in [-0.3, -0.25) is 9.69 Å². The Kier molecular flexibility index (Phi) is 4.11. The molecule has 1 atom stereocenters. The maximum absolute atomic E-state index is 12.3. The Bertz CT molecular complexity index is 784. The van der Waals surface area contributed by atoms with Crippen LogP contribution in [0.1, 0.15) is 35.1 Å². The van der Waals surface area contributed by atoms with Gasteiger partial charge in [-0.25, -0.2) is 15.0 Å². The van der Waals surface area contributed by atoms with E-state index in [4.69, 9.17) is 4.98 Å². The van der Waals surface area contributed by atoms with E-state index < -0.39 is 0 Å². The molecule has 0 spiro atoms. The summed E-state index contributed by atoms with van der Waals surface area (Å²) in [6.45, 7) is 7.67. The SMILES string of the molecule is Cc1nc(N2CCN(c3cccc[nH+]3)CC2)nc2c1C(=O)C[C@@H](C)C2. The lowest BCUT2D eigenvalue weighted by atomic mass is 9.86. The minimum Gasteiger partial charge on any atom is -0.333 e. The number of nitrogens with zero attached hydrogens (tertiary/aromatic N) is 4. The van der Waals surface area contributed by atoms with Crippen LogP contribution in [0.15, 0.2) is 24.4 Å². The number of ketones is 1. The van der Waals surface area contributed by atoms with E-state index in [2.05, 4.69) is 32.8 Å². The van der Waals surface area contributed by atoms with Crippen LogP contribution < -0.4 is 14.8 Å². The molecule has 0 aromatic carbocycles. The van der Waals surface area contributed by atoms with Gasteiger partial charge in [-0.1, -0.05) is 13.0 Å². The largest absolute Gasteiger partial charge is 0.333 e. The van der Waals surface area contributed by atoms with Crippen molar-refractivity contribution in [2.75, 3.05) is 36.0 Å². The number of aromatic amines is 1. The van der Waals surface area contributed by atoms with Crippen LogP contribution in [0.4, 0.5) is 11.8 Å². The first-order valence-corrected chi connectivity index (χ1v) is 8.99. The molecular weight excluding hydrogens is 314 g/mol. The number of hydrogen-bond acceptors (Lipinski definition) is 5. The van der Waals surface area contributed by atoms with Crippen molar-refractivity contribution in [2.24, 2.45) is 5.92 Å². The van der Waals surface area contributed by atoms with E-state index in [1.54, 1.807) is 0 Å². The number of carbonyl (C=O) groups excluding carboxylic acids is 1. The number of H-pyrrole nitrogens is 1. The standard InChI is InChI=1S/C19H23N5O/c1-13-11-15-18(16(25)12-13)14(2)21-19(22-15)24-9-7-23(8-10-24)17-5-3-4-6-20-17/h3-6,13H,7-12H2,1-2H3/p+1/t13-/m0/s1. The number of anilines is 2. The minimum absolute atomic E-state index is 0.197. The highest BCUT2D eigenvalue weighted by Crippen LogP contribution is 2.27. The molecule has 6 heteroatoms. The number of piperazine rings is 1. The molecule has 1 N–H and O–H groups in total. The zero-order valence-electron chi connectivity index (χ0n) is 14.8. The average Bonchev–Trinajstić information content (AvgIpc) is 2.61. The quantitative estimate of drug-likeness (QED) is 0.834. The molecule has 0 saturated carbocycles. The van der Waals surface area contributed by atoms with Crippen molar-refractivity contribution in [3.8, 4) is 0 Å². The summed E-state index contributed by atoms with van der Waals surface area (Å²) in [5.74, 6) is 2.48. The summed E-state index contributed by atoms with van der Waals surface area (Å²) in [5, 5.41) is 0. The topological polar surface area (TPSA) is 63.5 Å². The highest BCUT2D eigenvalue weighted by molar-refractivity contribution is 5.99. The monoisotopic (exact) mass is 338 g/mol. The van der Waals surface area contributed by atoms with Crippen LogP contribution in [0.3, 0.4) is 0 Å². The van der Waals surface area contributed by atoms with Crippen molar-refractivity contribution in [1.82, 2.24) is 9.97 Å². The fraction of sp³-hybridized carbons (Fsp3) is 0.474. The van der Waals surface area contributed by atoms with Crippen molar-refractivity contribution in [3.05, 3.63) is 41.3 Å². The number of aryl methyl sites for hydroxylation is 1. The lowest BCUT2D eigenvalue weighted by Crippen LogP contribution is -2.48. The highest BCUT2D eigenvalue weighted by atomic mass is 16.1. The van der Waals surface area contributed by atoms with E-state index in [0.717, 1.165) is 61.3 Å². The molecule has 1 aliphatic heterocycles. The number of carbonyl (C=O) groups is 1. The Hall–Kier alpha value is -2.50. The van der Waals surface area contributed by atoms with E-state index in [9.17, 15) is 4.79 Å². The molecule has 2 aromatic heterocycles. The normalized spacial score (nSPS) is 20.6. The first-order valence-electron chi connectivity index (χ1n) is 8.99. The molecule has 4 rings (SSSR count). The lowest BCUT2D eigenvalue weighted by molar-refractivity contribution is -0.364. The minimum atomic E-state index is 0.197. The molecule has 0 amide bonds. The van der Waals surface area contributed by atoms with Crippen molar-refractivity contribution in [3.63, 3.8) is 0 Å². The molecule has 25 heavy (non-hydrogen) atoms. The maximum Gasteiger partial charge on any atom is 0.274 e. The van der Waals surface area contributed by atoms with E-state index >= 15 is 0 Å². The molecule has 1 aliphatic carbocycles. The highest BCUT2D eigenvalue weighted by Gasteiger charge is 2.29. The number of fused-ring (bicyclic) bond motifs is 1. The molecule has 2 aromatic rings. The molecule has 0 unspecified atom stereocenters. The van der Waals surface area contributed by atoms with Crippen LogP contribution in [0.5, 0.6) is 0 Å². The molecule has 1 fully saturated rings. The first kappa shape index (κ1) is 16.0. The van der Waals surface area contributed by atoms with Crippen molar-refractivity contribution in [1.29, 1.82) is 0 Å². The van der Waals surface area contributed by atoms with Gasteiger partial charge in [0.2, 0.25) is 5.95 Å². The Balaban J connectivity index is 1.53. The first-order chi connectivity index (χ1) is 12.1. The number of aromatic nitrogens is 3. The van der Waals surface area contributed by atoms with Crippen molar-refractivity contribution < 1.29 is 9.78 Å². The van der Waals surface area contributed by atoms with Crippen LogP contribution >= 0.6 is 0 Å². The lowest BCUT2D eigenvalue weighted by Gasteiger charge is -2.32. The summed E-state index contributed by atoms with van der Waals surface area (Å²) in [6, 6.07) is 6.14. The van der Waals surface area contributed by atoms with Gasteiger partial charge in [0.05, 0.1) is 36.2 Å². The fourth-order valence-electron chi connectivity index (χ4n) is 3.82. The summed E-state index contributed by atoms with van der Waals surface area (Å²) in [6.07, 6.45) is 3.44. The summed E-state index contributed by atoms with van der Waals surface area (Å²) >= 11 is 0. The molecule has 6 nitrogen and oxygen atoms in total. The third kappa shape index (κ3) is 3.08. The molecule has 0 radical (unpaired) electrons. The summed E-state index contributed by atoms with van der Waals surface area (Å²) < 4.78 is 0. The molecule has 0 bridgehead atoms. The second-order valence-corrected chi connectivity index (χ2v) is 7.09. The van der Waals surface area contributed by atoms with Crippen LogP contribution in [0.25, 0.3) is 0 Å². The maximum atomic E-state index is 12.3. The van der Waals surface area contributed by atoms with Gasteiger partial charge < -0.3 is 4.90 Å². The average molecular weight is 338 g/mol. The van der Waals surface area contributed by atoms with Crippen LogP contribution in [-0.2, 0) is 6.42 Å². The van der Waals surface area contributed by atoms with E-state index in [0.29, 0.717) is 12.3 Å². The van der Waals surface area contributed by atoms with E-state index in [1.165, 1.54) is 0 Å². The number of hydrogen-bond donors (Lipinski definition) is 0. The van der Waals surface area contributed by atoms with Gasteiger partial charge in [0, 0.05) is 12.5 Å². The van der Waals surface area contributed by atoms with Crippen molar-refractivity contribution >= 4 is 17.5 Å². The summed E-state index contributed by atoms with van der Waals surface area (Å²) in [4.78, 5) is 29.6. The van der Waals surface area contributed by atoms with Crippen LogP contribution in [-0.4, -0.2) is 41.9 Å². The molecule has 2 aliphatic rings. The van der Waals surface area contributed by atoms with Gasteiger partial charge in [-0.2, -0.15) is 0 Å². The molecule has 3 heterocycles. The zero-order valence-corrected chi connectivity index (χ0v) is 14.8. The summed E-state index contributed by atoms with van der Waals surface area (Å²) in [7, 11) is 0. The predicted molar refractivity (Wildman–Crippen MR) is 96.0 cm³/mol. The smallest absolute Gasteiger partial charge is 0.274 e. The number of Topliss-reactive ketones (excluding diaryl/α,β-unsaturated/α-hetero) is 1. The Morgan fingerprint density at radius 2 is 1.84 bits per heavy atom. The van der Waals surface area contributed by atoms with E-state index in [-0.39, 0.29) is 5.78 Å². The zero-order chi connectivity index (χ0) is 17.4. The Labute approximate surface area is 147 Å². The third-order valence-electron chi connectivity index (χ3n) is 5.10. The van der Waals surface area contributed by atoms with Gasteiger partial charge in [-0.05, 0) is 25.3 Å². The van der Waals surface area contributed by atoms with Gasteiger partial charge in [0.1, 0.15) is 13.1 Å². The third-order valence-corrected chi connectivity index (χ3v) is 5.10. The summed E-state index contributed by atoms with van der Waals surface area (Å²) in [5.41, 5.74) is 2.53. The molecule has 1 saturated heterocycles. The predicted octanol–water partition coefficient (Wildman–Crippen LogP) is 1.69. The van der Waals surface area contributed by atoms with Crippen molar-refractivity contribution in [2.45, 2.75) is 26.7 Å². The number of rotatable bonds is 2. The van der Waals surface area contributed by atoms with Crippen LogP contribution in [0, 0.1) is 12.8 Å². The second-order valence-electron chi connectivity index (χ2n) is 7.09. The molecular formula is C19H24N5O+. The van der Waals surface area contributed by atoms with Gasteiger partial charge in [0.15, 0.2) is 5.78 Å². The van der Waals surface area contributed by atoms with Gasteiger partial charge >= 0.3 is 0 Å². The fourth-order valence-corrected chi connectivity index (χ4v) is 3.82. The van der Waals surface area contributed by atoms with Gasteiger partial charge in [0.25, 0.3) is 5.82 Å². The van der Waals surface area contributed by atoms with Gasteiger partial charge in [-0.15, -0.1) is 0 Å². The molecule has 130 valence electrons. The van der Waals surface area contributed by atoms with Crippen LogP contribution in [0.2, 0.25) is 0 Å². The number of pyridine rings is 1.